The van der Waals surface area contributed by atoms with Crippen LogP contribution in [0.25, 0.3) is 0 Å². The van der Waals surface area contributed by atoms with Crippen LogP contribution in [-0.2, 0) is 6.54 Å². The van der Waals surface area contributed by atoms with Crippen molar-refractivity contribution in [3.05, 3.63) is 28.8 Å². The number of benzene rings is 1. The molecule has 0 amide bonds. The summed E-state index contributed by atoms with van der Waals surface area (Å²) in [4.78, 5) is 2.49. The lowest BCUT2D eigenvalue weighted by atomic mass is 10.1. The summed E-state index contributed by atoms with van der Waals surface area (Å²) in [5, 5.41) is 4.39. The fraction of sp³-hybridized carbons (Fsp3) is 0.625. The Balaban J connectivity index is 2.22. The van der Waals surface area contributed by atoms with Crippen LogP contribution in [-0.4, -0.2) is 18.1 Å². The minimum absolute atomic E-state index is 0.132. The number of nitrogens with zero attached hydrogens (tertiary/aromatic N) is 1. The highest BCUT2D eigenvalue weighted by Crippen LogP contribution is 2.31. The molecular formula is C16H25ClN2. The molecule has 1 heterocycles. The summed E-state index contributed by atoms with van der Waals surface area (Å²) in [6.07, 6.45) is 2.55. The highest BCUT2D eigenvalue weighted by molar-refractivity contribution is 6.30. The fourth-order valence-electron chi connectivity index (χ4n) is 2.61. The Labute approximate surface area is 122 Å². The minimum Gasteiger partial charge on any atom is -0.369 e. The third kappa shape index (κ3) is 3.87. The lowest BCUT2D eigenvalue weighted by molar-refractivity contribution is 0.424. The third-order valence-corrected chi connectivity index (χ3v) is 3.95. The zero-order valence-corrected chi connectivity index (χ0v) is 13.2. The summed E-state index contributed by atoms with van der Waals surface area (Å²) < 4.78 is 0. The van der Waals surface area contributed by atoms with Gasteiger partial charge in [-0.1, -0.05) is 17.7 Å². The molecule has 1 aromatic rings. The quantitative estimate of drug-likeness (QED) is 0.892. The van der Waals surface area contributed by atoms with Gasteiger partial charge >= 0.3 is 0 Å². The summed E-state index contributed by atoms with van der Waals surface area (Å²) in [5.74, 6) is 0. The molecule has 0 bridgehead atoms. The van der Waals surface area contributed by atoms with E-state index >= 15 is 0 Å². The Bertz CT molecular complexity index is 437. The van der Waals surface area contributed by atoms with Crippen LogP contribution in [0.3, 0.4) is 0 Å². The lowest BCUT2D eigenvalue weighted by Gasteiger charge is -2.28. The van der Waals surface area contributed by atoms with Gasteiger partial charge < -0.3 is 10.2 Å². The predicted molar refractivity (Wildman–Crippen MR) is 84.1 cm³/mol. The number of hydrogen-bond donors (Lipinski definition) is 1. The van der Waals surface area contributed by atoms with E-state index in [9.17, 15) is 0 Å². The molecular weight excluding hydrogens is 256 g/mol. The van der Waals surface area contributed by atoms with Crippen LogP contribution in [0, 0.1) is 0 Å². The lowest BCUT2D eigenvalue weighted by Crippen LogP contribution is -2.36. The van der Waals surface area contributed by atoms with Gasteiger partial charge in [0, 0.05) is 35.4 Å². The topological polar surface area (TPSA) is 15.3 Å². The van der Waals surface area contributed by atoms with Crippen LogP contribution in [0.5, 0.6) is 0 Å². The van der Waals surface area contributed by atoms with E-state index in [0.29, 0.717) is 6.04 Å². The molecule has 2 rings (SSSR count). The number of halogens is 1. The van der Waals surface area contributed by atoms with Crippen LogP contribution < -0.4 is 10.2 Å². The van der Waals surface area contributed by atoms with Crippen molar-refractivity contribution in [3.8, 4) is 0 Å². The highest BCUT2D eigenvalue weighted by Gasteiger charge is 2.23. The van der Waals surface area contributed by atoms with Gasteiger partial charge in [0.25, 0.3) is 0 Å². The van der Waals surface area contributed by atoms with E-state index in [-0.39, 0.29) is 5.54 Å². The maximum atomic E-state index is 6.19. The van der Waals surface area contributed by atoms with Crippen molar-refractivity contribution in [1.82, 2.24) is 5.32 Å². The molecule has 1 aromatic carbocycles. The van der Waals surface area contributed by atoms with Gasteiger partial charge in [-0.05, 0) is 58.2 Å². The third-order valence-electron chi connectivity index (χ3n) is 3.72. The second kappa shape index (κ2) is 5.72. The highest BCUT2D eigenvalue weighted by atomic mass is 35.5. The first kappa shape index (κ1) is 14.7. The molecule has 0 aromatic heterocycles. The van der Waals surface area contributed by atoms with Crippen molar-refractivity contribution in [2.24, 2.45) is 0 Å². The normalized spacial score (nSPS) is 20.1. The first-order valence-corrected chi connectivity index (χ1v) is 7.55. The van der Waals surface area contributed by atoms with Crippen LogP contribution >= 0.6 is 11.6 Å². The molecule has 1 atom stereocenters. The van der Waals surface area contributed by atoms with Crippen molar-refractivity contribution in [2.75, 3.05) is 11.4 Å². The summed E-state index contributed by atoms with van der Waals surface area (Å²) in [6.45, 7) is 10.9. The molecule has 0 spiro atoms. The standard InChI is InChI=1S/C16H25ClN2/c1-12-6-5-9-19(12)15-10-14(17)8-7-13(15)11-18-16(2,3)4/h7-8,10,12,18H,5-6,9,11H2,1-4H3. The van der Waals surface area contributed by atoms with Crippen molar-refractivity contribution in [2.45, 2.75) is 58.7 Å². The number of rotatable bonds is 3. The van der Waals surface area contributed by atoms with Gasteiger partial charge in [0.1, 0.15) is 0 Å². The molecule has 0 saturated carbocycles. The first-order chi connectivity index (χ1) is 8.87. The van der Waals surface area contributed by atoms with E-state index < -0.39 is 0 Å². The molecule has 1 N–H and O–H groups in total. The monoisotopic (exact) mass is 280 g/mol. The average Bonchev–Trinajstić information content (AvgIpc) is 2.72. The largest absolute Gasteiger partial charge is 0.369 e. The molecule has 19 heavy (non-hydrogen) atoms. The van der Waals surface area contributed by atoms with Crippen molar-refractivity contribution in [1.29, 1.82) is 0 Å². The Morgan fingerprint density at radius 1 is 1.37 bits per heavy atom. The zero-order chi connectivity index (χ0) is 14.0. The minimum atomic E-state index is 0.132. The van der Waals surface area contributed by atoms with Crippen LogP contribution in [0.4, 0.5) is 5.69 Å². The van der Waals surface area contributed by atoms with Crippen molar-refractivity contribution >= 4 is 17.3 Å². The smallest absolute Gasteiger partial charge is 0.0429 e. The second-order valence-electron chi connectivity index (χ2n) is 6.56. The summed E-state index contributed by atoms with van der Waals surface area (Å²) in [6, 6.07) is 6.88. The SMILES string of the molecule is CC1CCCN1c1cc(Cl)ccc1CNC(C)(C)C. The number of hydrogen-bond acceptors (Lipinski definition) is 2. The van der Waals surface area contributed by atoms with Crippen LogP contribution in [0.2, 0.25) is 5.02 Å². The molecule has 1 aliphatic rings. The maximum Gasteiger partial charge on any atom is 0.0429 e. The molecule has 0 aliphatic carbocycles. The number of anilines is 1. The van der Waals surface area contributed by atoms with E-state index in [4.69, 9.17) is 11.6 Å². The second-order valence-corrected chi connectivity index (χ2v) is 7.00. The molecule has 106 valence electrons. The molecule has 1 unspecified atom stereocenters. The van der Waals surface area contributed by atoms with E-state index in [0.717, 1.165) is 18.1 Å². The molecule has 3 heteroatoms. The van der Waals surface area contributed by atoms with Gasteiger partial charge in [-0.25, -0.2) is 0 Å². The summed E-state index contributed by atoms with van der Waals surface area (Å²) in [7, 11) is 0. The summed E-state index contributed by atoms with van der Waals surface area (Å²) in [5.41, 5.74) is 2.77. The Kier molecular flexibility index (Phi) is 4.42. The maximum absolute atomic E-state index is 6.19. The molecule has 1 saturated heterocycles. The molecule has 1 aliphatic heterocycles. The number of nitrogens with one attached hydrogen (secondary N) is 1. The molecule has 1 fully saturated rings. The van der Waals surface area contributed by atoms with Gasteiger partial charge in [0.05, 0.1) is 0 Å². The van der Waals surface area contributed by atoms with Crippen molar-refractivity contribution in [3.63, 3.8) is 0 Å². The summed E-state index contributed by atoms with van der Waals surface area (Å²) >= 11 is 6.19. The van der Waals surface area contributed by atoms with Gasteiger partial charge in [-0.2, -0.15) is 0 Å². The zero-order valence-electron chi connectivity index (χ0n) is 12.5. The first-order valence-electron chi connectivity index (χ1n) is 7.17. The predicted octanol–water partition coefficient (Wildman–Crippen LogP) is 4.22. The Hall–Kier alpha value is -0.730. The molecule has 0 radical (unpaired) electrons. The van der Waals surface area contributed by atoms with E-state index in [1.807, 2.05) is 6.07 Å². The van der Waals surface area contributed by atoms with Crippen LogP contribution in [0.15, 0.2) is 18.2 Å². The van der Waals surface area contributed by atoms with Crippen molar-refractivity contribution < 1.29 is 0 Å². The fourth-order valence-corrected chi connectivity index (χ4v) is 2.77. The van der Waals surface area contributed by atoms with Gasteiger partial charge in [0.15, 0.2) is 0 Å². The van der Waals surface area contributed by atoms with Gasteiger partial charge in [-0.15, -0.1) is 0 Å². The Morgan fingerprint density at radius 3 is 2.68 bits per heavy atom. The average molecular weight is 281 g/mol. The Morgan fingerprint density at radius 2 is 2.11 bits per heavy atom. The molecule has 2 nitrogen and oxygen atoms in total. The van der Waals surface area contributed by atoms with Gasteiger partial charge in [0.2, 0.25) is 0 Å². The van der Waals surface area contributed by atoms with E-state index in [2.05, 4.69) is 50.0 Å². The van der Waals surface area contributed by atoms with E-state index in [1.165, 1.54) is 24.1 Å². The van der Waals surface area contributed by atoms with Gasteiger partial charge in [-0.3, -0.25) is 0 Å². The van der Waals surface area contributed by atoms with Crippen LogP contribution in [0.1, 0.15) is 46.1 Å². The van der Waals surface area contributed by atoms with E-state index in [1.54, 1.807) is 0 Å².